The van der Waals surface area contributed by atoms with E-state index in [0.29, 0.717) is 15.5 Å². The molecule has 10 heteroatoms. The van der Waals surface area contributed by atoms with Gasteiger partial charge in [-0.3, -0.25) is 9.59 Å². The predicted molar refractivity (Wildman–Crippen MR) is 112 cm³/mol. The molecule has 1 aliphatic rings. The van der Waals surface area contributed by atoms with Crippen molar-refractivity contribution in [3.8, 4) is 11.1 Å². The number of likely N-dealkylation sites (tertiary alicyclic amines) is 1. The van der Waals surface area contributed by atoms with Gasteiger partial charge in [0.15, 0.2) is 6.10 Å². The van der Waals surface area contributed by atoms with Crippen LogP contribution in [0.1, 0.15) is 12.0 Å². The number of aliphatic carboxylic acids is 1. The van der Waals surface area contributed by atoms with Gasteiger partial charge in [0.1, 0.15) is 0 Å². The molecule has 1 fully saturated rings. The lowest BCUT2D eigenvalue weighted by Crippen LogP contribution is -2.62. The molecule has 32 heavy (non-hydrogen) atoms. The van der Waals surface area contributed by atoms with E-state index in [2.05, 4.69) is 5.32 Å². The van der Waals surface area contributed by atoms with Gasteiger partial charge in [-0.2, -0.15) is 0 Å². The highest BCUT2D eigenvalue weighted by molar-refractivity contribution is 6.35. The molecule has 0 radical (unpaired) electrons. The third kappa shape index (κ3) is 6.02. The zero-order valence-corrected chi connectivity index (χ0v) is 17.6. The van der Waals surface area contributed by atoms with E-state index in [0.717, 1.165) is 11.1 Å². The zero-order chi connectivity index (χ0) is 23.5. The van der Waals surface area contributed by atoms with Crippen LogP contribution >= 0.6 is 11.6 Å². The van der Waals surface area contributed by atoms with Crippen LogP contribution in [0.25, 0.3) is 11.1 Å². The van der Waals surface area contributed by atoms with E-state index in [-0.39, 0.29) is 12.8 Å². The molecule has 3 N–H and O–H groups in total. The fourth-order valence-corrected chi connectivity index (χ4v) is 3.59. The van der Waals surface area contributed by atoms with Crippen LogP contribution < -0.4 is 5.32 Å². The van der Waals surface area contributed by atoms with Crippen molar-refractivity contribution in [3.05, 3.63) is 59.1 Å². The number of halogens is 3. The van der Waals surface area contributed by atoms with E-state index < -0.39 is 48.9 Å². The molecule has 0 aliphatic carbocycles. The Morgan fingerprint density at radius 3 is 2.31 bits per heavy atom. The second kappa shape index (κ2) is 9.62. The van der Waals surface area contributed by atoms with Gasteiger partial charge >= 0.3 is 17.8 Å². The third-order valence-electron chi connectivity index (χ3n) is 5.05. The van der Waals surface area contributed by atoms with Crippen LogP contribution in [-0.4, -0.2) is 64.1 Å². The number of rotatable bonds is 7. The number of aliphatic hydroxyl groups is 1. The minimum absolute atomic E-state index is 0.120. The summed E-state index contributed by atoms with van der Waals surface area (Å²) in [7, 11) is 0. The number of nitrogens with one attached hydrogen (secondary N) is 1. The van der Waals surface area contributed by atoms with E-state index in [4.69, 9.17) is 16.7 Å². The van der Waals surface area contributed by atoms with Crippen LogP contribution in [0.3, 0.4) is 0 Å². The van der Waals surface area contributed by atoms with Gasteiger partial charge in [-0.15, -0.1) is 0 Å². The quantitative estimate of drug-likeness (QED) is 0.543. The second-order valence-electron chi connectivity index (χ2n) is 7.69. The molecule has 3 rings (SSSR count). The van der Waals surface area contributed by atoms with Crippen molar-refractivity contribution in [1.29, 1.82) is 0 Å². The first kappa shape index (κ1) is 23.6. The smallest absolute Gasteiger partial charge is 0.332 e. The van der Waals surface area contributed by atoms with E-state index in [1.165, 1.54) is 0 Å². The van der Waals surface area contributed by atoms with Gasteiger partial charge in [0.25, 0.3) is 5.92 Å². The Morgan fingerprint density at radius 1 is 1.09 bits per heavy atom. The number of amides is 2. The lowest BCUT2D eigenvalue weighted by Gasteiger charge is -2.38. The lowest BCUT2D eigenvalue weighted by atomic mass is 9.97. The number of benzene rings is 2. The van der Waals surface area contributed by atoms with E-state index in [1.54, 1.807) is 24.3 Å². The lowest BCUT2D eigenvalue weighted by molar-refractivity contribution is -0.170. The van der Waals surface area contributed by atoms with E-state index in [1.807, 2.05) is 24.3 Å². The minimum atomic E-state index is -3.01. The Morgan fingerprint density at radius 2 is 1.75 bits per heavy atom. The number of carbonyl (C=O) groups is 3. The first-order valence-corrected chi connectivity index (χ1v) is 10.2. The molecule has 2 aromatic rings. The summed E-state index contributed by atoms with van der Waals surface area (Å²) in [6.07, 6.45) is -2.01. The molecule has 0 aromatic heterocycles. The average molecular weight is 467 g/mol. The van der Waals surface area contributed by atoms with Crippen molar-refractivity contribution in [2.75, 3.05) is 13.1 Å². The summed E-state index contributed by atoms with van der Waals surface area (Å²) in [5.74, 6) is -6.74. The molecule has 170 valence electrons. The molecule has 7 nitrogen and oxygen atoms in total. The molecule has 1 saturated heterocycles. The van der Waals surface area contributed by atoms with E-state index in [9.17, 15) is 28.3 Å². The summed E-state index contributed by atoms with van der Waals surface area (Å²) in [6.45, 7) is -1.68. The first-order chi connectivity index (χ1) is 15.0. The molecule has 1 heterocycles. The van der Waals surface area contributed by atoms with Crippen molar-refractivity contribution >= 4 is 29.4 Å². The number of carboxylic acid groups (broad SMARTS) is 1. The number of nitrogens with zero attached hydrogens (tertiary/aromatic N) is 1. The summed E-state index contributed by atoms with van der Waals surface area (Å²) >= 11 is 6.01. The van der Waals surface area contributed by atoms with Crippen molar-refractivity contribution in [3.63, 3.8) is 0 Å². The Labute approximate surface area is 187 Å². The van der Waals surface area contributed by atoms with Crippen LogP contribution in [0, 0.1) is 0 Å². The predicted octanol–water partition coefficient (Wildman–Crippen LogP) is 2.35. The van der Waals surface area contributed by atoms with Gasteiger partial charge in [0.05, 0.1) is 13.1 Å². The van der Waals surface area contributed by atoms with Gasteiger partial charge in [-0.25, -0.2) is 13.6 Å². The summed E-state index contributed by atoms with van der Waals surface area (Å²) in [6, 6.07) is 13.5. The number of hydrogen-bond acceptors (Lipinski definition) is 4. The van der Waals surface area contributed by atoms with Crippen molar-refractivity contribution in [2.45, 2.75) is 30.9 Å². The Balaban J connectivity index is 1.69. The monoisotopic (exact) mass is 466 g/mol. The Kier molecular flexibility index (Phi) is 7.10. The number of carbonyl (C=O) groups excluding carboxylic acids is 2. The molecule has 0 bridgehead atoms. The third-order valence-corrected chi connectivity index (χ3v) is 5.28. The molecule has 2 aromatic carbocycles. The number of aliphatic hydroxyl groups excluding tert-OH is 1. The summed E-state index contributed by atoms with van der Waals surface area (Å²) in [5, 5.41) is 21.7. The molecule has 0 spiro atoms. The molecule has 2 atom stereocenters. The highest BCUT2D eigenvalue weighted by Gasteiger charge is 2.47. The SMILES string of the molecule is O=C(NC(Cc1ccc(-c2cccc(Cl)c2)cc1)CC(O)C(=O)O)C(=O)N1CC(F)(F)C1. The van der Waals surface area contributed by atoms with Gasteiger partial charge in [0.2, 0.25) is 0 Å². The number of carboxylic acids is 1. The molecule has 1 aliphatic heterocycles. The molecular weight excluding hydrogens is 446 g/mol. The summed E-state index contributed by atoms with van der Waals surface area (Å²) < 4.78 is 25.9. The fourth-order valence-electron chi connectivity index (χ4n) is 3.40. The maximum atomic E-state index is 13.0. The largest absolute Gasteiger partial charge is 0.479 e. The van der Waals surface area contributed by atoms with Crippen LogP contribution in [0.5, 0.6) is 0 Å². The van der Waals surface area contributed by atoms with Crippen LogP contribution in [0.15, 0.2) is 48.5 Å². The molecule has 2 unspecified atom stereocenters. The molecule has 0 saturated carbocycles. The van der Waals surface area contributed by atoms with Crippen LogP contribution in [-0.2, 0) is 20.8 Å². The first-order valence-electron chi connectivity index (χ1n) is 9.77. The van der Waals surface area contributed by atoms with Crippen LogP contribution in [0.4, 0.5) is 8.78 Å². The second-order valence-corrected chi connectivity index (χ2v) is 8.13. The van der Waals surface area contributed by atoms with Crippen molar-refractivity contribution < 1.29 is 33.4 Å². The maximum Gasteiger partial charge on any atom is 0.332 e. The number of hydrogen-bond donors (Lipinski definition) is 3. The van der Waals surface area contributed by atoms with Crippen molar-refractivity contribution in [1.82, 2.24) is 10.2 Å². The topological polar surface area (TPSA) is 107 Å². The summed E-state index contributed by atoms with van der Waals surface area (Å²) in [4.78, 5) is 36.0. The average Bonchev–Trinajstić information content (AvgIpc) is 2.71. The zero-order valence-electron chi connectivity index (χ0n) is 16.8. The fraction of sp³-hybridized carbons (Fsp3) is 0.318. The molecule has 2 amide bonds. The Bertz CT molecular complexity index is 1010. The van der Waals surface area contributed by atoms with E-state index >= 15 is 0 Å². The Hall–Kier alpha value is -3.04. The minimum Gasteiger partial charge on any atom is -0.479 e. The number of alkyl halides is 2. The summed E-state index contributed by atoms with van der Waals surface area (Å²) in [5.41, 5.74) is 2.49. The van der Waals surface area contributed by atoms with Gasteiger partial charge in [-0.1, -0.05) is 48.0 Å². The van der Waals surface area contributed by atoms with Gasteiger partial charge < -0.3 is 20.4 Å². The van der Waals surface area contributed by atoms with Gasteiger partial charge in [-0.05, 0) is 35.2 Å². The van der Waals surface area contributed by atoms with Crippen LogP contribution in [0.2, 0.25) is 5.02 Å². The highest BCUT2D eigenvalue weighted by Crippen LogP contribution is 2.27. The normalized spacial score (nSPS) is 16.6. The standard InChI is InChI=1S/C22H21ClF2N2O5/c23-16-3-1-2-15(9-16)14-6-4-13(5-7-14)8-17(10-18(28)21(31)32)26-19(29)20(30)27-11-22(24,25)12-27/h1-7,9,17-18,28H,8,10-12H2,(H,26,29)(H,31,32). The van der Waals surface area contributed by atoms with Gasteiger partial charge in [0, 0.05) is 17.5 Å². The highest BCUT2D eigenvalue weighted by atomic mass is 35.5. The van der Waals surface area contributed by atoms with Crippen molar-refractivity contribution in [2.24, 2.45) is 0 Å². The molecular formula is C22H21ClF2N2O5. The maximum absolute atomic E-state index is 13.0.